The fraction of sp³-hybridized carbons (Fsp3) is 0.389. The molecule has 0 bridgehead atoms. The summed E-state index contributed by atoms with van der Waals surface area (Å²) >= 11 is 3.45. The summed E-state index contributed by atoms with van der Waals surface area (Å²) in [5.74, 6) is -0.830. The Bertz CT molecular complexity index is 961. The molecule has 0 aliphatic carbocycles. The zero-order valence-electron chi connectivity index (χ0n) is 14.9. The lowest BCUT2D eigenvalue weighted by Gasteiger charge is -2.37. The predicted octanol–water partition coefficient (Wildman–Crippen LogP) is 2.57. The first-order valence-electron chi connectivity index (χ1n) is 8.76. The van der Waals surface area contributed by atoms with Crippen LogP contribution in [0.15, 0.2) is 33.5 Å². The summed E-state index contributed by atoms with van der Waals surface area (Å²) in [6, 6.07) is 5.18. The van der Waals surface area contributed by atoms with Gasteiger partial charge >= 0.3 is 5.97 Å². The number of carboxylic acids is 1. The van der Waals surface area contributed by atoms with Crippen LogP contribution >= 0.6 is 15.9 Å². The van der Waals surface area contributed by atoms with Gasteiger partial charge in [-0.25, -0.2) is 4.63 Å². The molecule has 0 unspecified atom stereocenters. The number of benzene rings is 1. The molecule has 1 aliphatic rings. The smallest absolute Gasteiger partial charge is 0.325 e. The SMILES string of the molecule is Cc1nonc1CN1CCN([C@@H](C(=O)O)c2c[nH]c3cc(Br)ccc23)CC1. The van der Waals surface area contributed by atoms with Crippen LogP contribution in [0.4, 0.5) is 0 Å². The maximum atomic E-state index is 12.1. The Morgan fingerprint density at radius 2 is 2.11 bits per heavy atom. The van der Waals surface area contributed by atoms with Crippen molar-refractivity contribution in [1.82, 2.24) is 25.1 Å². The summed E-state index contributed by atoms with van der Waals surface area (Å²) in [5, 5.41) is 18.6. The number of aliphatic carboxylic acids is 1. The minimum Gasteiger partial charge on any atom is -0.480 e. The fourth-order valence-electron chi connectivity index (χ4n) is 3.62. The number of hydrogen-bond acceptors (Lipinski definition) is 6. The molecule has 2 N–H and O–H groups in total. The molecule has 0 amide bonds. The van der Waals surface area contributed by atoms with Gasteiger partial charge in [-0.15, -0.1) is 0 Å². The van der Waals surface area contributed by atoms with Crippen LogP contribution in [0.3, 0.4) is 0 Å². The molecule has 1 fully saturated rings. The van der Waals surface area contributed by atoms with Crippen LogP contribution in [0.25, 0.3) is 10.9 Å². The number of rotatable bonds is 5. The molecule has 0 radical (unpaired) electrons. The van der Waals surface area contributed by atoms with E-state index in [1.807, 2.05) is 36.2 Å². The third kappa shape index (κ3) is 3.62. The number of carbonyl (C=O) groups is 1. The van der Waals surface area contributed by atoms with Gasteiger partial charge < -0.3 is 10.1 Å². The van der Waals surface area contributed by atoms with Gasteiger partial charge in [0.15, 0.2) is 0 Å². The molecule has 0 spiro atoms. The third-order valence-corrected chi connectivity index (χ3v) is 5.59. The zero-order valence-corrected chi connectivity index (χ0v) is 16.4. The highest BCUT2D eigenvalue weighted by molar-refractivity contribution is 9.10. The maximum absolute atomic E-state index is 12.1. The lowest BCUT2D eigenvalue weighted by molar-refractivity contribution is -0.144. The first kappa shape index (κ1) is 18.1. The van der Waals surface area contributed by atoms with E-state index in [0.717, 1.165) is 45.4 Å². The Kier molecular flexibility index (Phi) is 4.98. The zero-order chi connectivity index (χ0) is 19.0. The molecule has 2 aromatic heterocycles. The van der Waals surface area contributed by atoms with E-state index in [1.165, 1.54) is 0 Å². The number of H-pyrrole nitrogens is 1. The van der Waals surface area contributed by atoms with Crippen molar-refractivity contribution in [3.63, 3.8) is 0 Å². The van der Waals surface area contributed by atoms with E-state index >= 15 is 0 Å². The van der Waals surface area contributed by atoms with Gasteiger partial charge in [-0.1, -0.05) is 32.3 Å². The van der Waals surface area contributed by atoms with Gasteiger partial charge in [-0.3, -0.25) is 14.6 Å². The van der Waals surface area contributed by atoms with Crippen LogP contribution in [0.2, 0.25) is 0 Å². The van der Waals surface area contributed by atoms with Gasteiger partial charge in [0.05, 0.1) is 0 Å². The first-order chi connectivity index (χ1) is 13.0. The van der Waals surface area contributed by atoms with Crippen molar-refractivity contribution in [3.8, 4) is 0 Å². The molecule has 1 atom stereocenters. The van der Waals surface area contributed by atoms with Crippen molar-refractivity contribution in [3.05, 3.63) is 45.8 Å². The number of aromatic amines is 1. The molecule has 9 heteroatoms. The van der Waals surface area contributed by atoms with Crippen LogP contribution in [0.1, 0.15) is 23.0 Å². The molecule has 3 heterocycles. The van der Waals surface area contributed by atoms with E-state index in [9.17, 15) is 9.90 Å². The highest BCUT2D eigenvalue weighted by Gasteiger charge is 2.32. The topological polar surface area (TPSA) is 98.5 Å². The predicted molar refractivity (Wildman–Crippen MR) is 102 cm³/mol. The minimum absolute atomic E-state index is 0.669. The second-order valence-corrected chi connectivity index (χ2v) is 7.70. The Morgan fingerprint density at radius 3 is 2.78 bits per heavy atom. The van der Waals surface area contributed by atoms with Crippen molar-refractivity contribution < 1.29 is 14.5 Å². The summed E-state index contributed by atoms with van der Waals surface area (Å²) in [6.45, 7) is 5.42. The van der Waals surface area contributed by atoms with E-state index in [2.05, 4.69) is 36.1 Å². The van der Waals surface area contributed by atoms with Crippen molar-refractivity contribution in [2.24, 2.45) is 0 Å². The summed E-state index contributed by atoms with van der Waals surface area (Å²) in [5.41, 5.74) is 3.36. The highest BCUT2D eigenvalue weighted by atomic mass is 79.9. The molecule has 0 saturated carbocycles. The Morgan fingerprint density at radius 1 is 1.33 bits per heavy atom. The number of aromatic nitrogens is 3. The average molecular weight is 434 g/mol. The highest BCUT2D eigenvalue weighted by Crippen LogP contribution is 2.31. The molecule has 142 valence electrons. The number of halogens is 1. The molecular formula is C18H20BrN5O3. The standard InChI is InChI=1S/C18H20BrN5O3/c1-11-16(22-27-21-11)10-23-4-6-24(7-5-23)17(18(25)26)14-9-20-15-8-12(19)2-3-13(14)15/h2-3,8-9,17,20H,4-7,10H2,1H3,(H,25,26)/t17-/m1/s1. The van der Waals surface area contributed by atoms with E-state index < -0.39 is 12.0 Å². The van der Waals surface area contributed by atoms with Crippen molar-refractivity contribution in [1.29, 1.82) is 0 Å². The van der Waals surface area contributed by atoms with Crippen molar-refractivity contribution >= 4 is 32.8 Å². The summed E-state index contributed by atoms with van der Waals surface area (Å²) in [4.78, 5) is 19.5. The molecule has 27 heavy (non-hydrogen) atoms. The number of fused-ring (bicyclic) bond motifs is 1. The van der Waals surface area contributed by atoms with Crippen molar-refractivity contribution in [2.75, 3.05) is 26.2 Å². The molecule has 4 rings (SSSR count). The molecule has 1 saturated heterocycles. The summed E-state index contributed by atoms with van der Waals surface area (Å²) in [7, 11) is 0. The molecular weight excluding hydrogens is 414 g/mol. The van der Waals surface area contributed by atoms with E-state index in [1.54, 1.807) is 0 Å². The number of piperazine rings is 1. The van der Waals surface area contributed by atoms with Crippen LogP contribution in [-0.2, 0) is 11.3 Å². The third-order valence-electron chi connectivity index (χ3n) is 5.10. The van der Waals surface area contributed by atoms with Crippen molar-refractivity contribution in [2.45, 2.75) is 19.5 Å². The average Bonchev–Trinajstić information content (AvgIpc) is 3.23. The minimum atomic E-state index is -0.830. The van der Waals surface area contributed by atoms with Gasteiger partial charge in [0.2, 0.25) is 0 Å². The summed E-state index contributed by atoms with van der Waals surface area (Å²) < 4.78 is 5.71. The normalized spacial score (nSPS) is 17.4. The number of nitrogens with one attached hydrogen (secondary N) is 1. The lowest BCUT2D eigenvalue weighted by Crippen LogP contribution is -2.48. The van der Waals surface area contributed by atoms with Gasteiger partial charge in [0, 0.05) is 59.9 Å². The fourth-order valence-corrected chi connectivity index (χ4v) is 3.98. The Balaban J connectivity index is 1.50. The largest absolute Gasteiger partial charge is 0.480 e. The molecule has 1 aromatic carbocycles. The Hall–Kier alpha value is -2.23. The first-order valence-corrected chi connectivity index (χ1v) is 9.56. The number of hydrogen-bond donors (Lipinski definition) is 2. The van der Waals surface area contributed by atoms with Gasteiger partial charge in [0.1, 0.15) is 17.4 Å². The van der Waals surface area contributed by atoms with E-state index in [4.69, 9.17) is 4.63 Å². The monoisotopic (exact) mass is 433 g/mol. The lowest BCUT2D eigenvalue weighted by atomic mass is 10.0. The van der Waals surface area contributed by atoms with Crippen LogP contribution in [0.5, 0.6) is 0 Å². The molecule has 8 nitrogen and oxygen atoms in total. The summed E-state index contributed by atoms with van der Waals surface area (Å²) in [6.07, 6.45) is 1.81. The van der Waals surface area contributed by atoms with Crippen LogP contribution in [-0.4, -0.2) is 62.4 Å². The molecule has 1 aliphatic heterocycles. The second-order valence-electron chi connectivity index (χ2n) is 6.78. The van der Waals surface area contributed by atoms with E-state index in [0.29, 0.717) is 19.6 Å². The van der Waals surface area contributed by atoms with Gasteiger partial charge in [-0.05, 0) is 19.1 Å². The Labute approximate surface area is 164 Å². The number of nitrogens with zero attached hydrogens (tertiary/aromatic N) is 4. The van der Waals surface area contributed by atoms with E-state index in [-0.39, 0.29) is 0 Å². The van der Waals surface area contributed by atoms with Crippen LogP contribution in [0, 0.1) is 6.92 Å². The van der Waals surface area contributed by atoms with Crippen LogP contribution < -0.4 is 0 Å². The number of aryl methyl sites for hydroxylation is 1. The van der Waals surface area contributed by atoms with Gasteiger partial charge in [-0.2, -0.15) is 0 Å². The quantitative estimate of drug-likeness (QED) is 0.637. The number of carboxylic acid groups (broad SMARTS) is 1. The second kappa shape index (κ2) is 7.41. The molecule has 3 aromatic rings. The van der Waals surface area contributed by atoms with Gasteiger partial charge in [0.25, 0.3) is 0 Å². The maximum Gasteiger partial charge on any atom is 0.325 e.